The third kappa shape index (κ3) is 4.54. The Labute approximate surface area is 197 Å². The molecule has 9 unspecified atom stereocenters. The molecule has 0 aliphatic heterocycles. The molecule has 5 aliphatic carbocycles. The van der Waals surface area contributed by atoms with Gasteiger partial charge >= 0.3 is 0 Å². The van der Waals surface area contributed by atoms with Gasteiger partial charge in [-0.05, 0) is 122 Å². The van der Waals surface area contributed by atoms with Crippen molar-refractivity contribution in [1.82, 2.24) is 0 Å². The van der Waals surface area contributed by atoms with E-state index in [1.807, 2.05) is 27.7 Å². The highest BCUT2D eigenvalue weighted by Gasteiger charge is 2.59. The van der Waals surface area contributed by atoms with Crippen LogP contribution in [0.1, 0.15) is 139 Å². The summed E-state index contributed by atoms with van der Waals surface area (Å²) in [5.74, 6) is 8.53. The van der Waals surface area contributed by atoms with Gasteiger partial charge in [-0.2, -0.15) is 0 Å². The van der Waals surface area contributed by atoms with Crippen LogP contribution >= 0.6 is 0 Å². The Morgan fingerprint density at radius 2 is 1.32 bits per heavy atom. The van der Waals surface area contributed by atoms with E-state index in [0.717, 1.165) is 52.8 Å². The van der Waals surface area contributed by atoms with Gasteiger partial charge in [0.05, 0.1) is 0 Å². The van der Waals surface area contributed by atoms with Crippen LogP contribution in [-0.4, -0.2) is 0 Å². The molecule has 5 aliphatic rings. The topological polar surface area (TPSA) is 0 Å². The van der Waals surface area contributed by atoms with Gasteiger partial charge in [-0.15, -0.1) is 0 Å². The highest BCUT2D eigenvalue weighted by molar-refractivity contribution is 5.08. The first-order chi connectivity index (χ1) is 14.9. The molecule has 0 amide bonds. The number of rotatable bonds is 4. The SMILES string of the molecule is CC.CC.CC1C(C)C1CCCC1CCC2C3CCC4CCCCC4(C)C3CCC12C. The molecule has 0 bridgehead atoms. The number of fused-ring (bicyclic) bond motifs is 5. The van der Waals surface area contributed by atoms with Gasteiger partial charge in [-0.3, -0.25) is 0 Å². The zero-order chi connectivity index (χ0) is 22.8. The van der Waals surface area contributed by atoms with E-state index in [-0.39, 0.29) is 0 Å². The van der Waals surface area contributed by atoms with Gasteiger partial charge in [-0.1, -0.05) is 74.7 Å². The third-order valence-electron chi connectivity index (χ3n) is 11.9. The Bertz CT molecular complexity index is 542. The van der Waals surface area contributed by atoms with Gasteiger partial charge in [0.2, 0.25) is 0 Å². The van der Waals surface area contributed by atoms with Gasteiger partial charge in [-0.25, -0.2) is 0 Å². The highest BCUT2D eigenvalue weighted by atomic mass is 14.6. The quantitative estimate of drug-likeness (QED) is 0.416. The summed E-state index contributed by atoms with van der Waals surface area (Å²) in [5.41, 5.74) is 1.43. The van der Waals surface area contributed by atoms with Crippen molar-refractivity contribution >= 4 is 0 Å². The van der Waals surface area contributed by atoms with Crippen molar-refractivity contribution in [2.75, 3.05) is 0 Å². The first kappa shape index (κ1) is 25.6. The average molecular weight is 431 g/mol. The first-order valence-electron chi connectivity index (χ1n) is 14.9. The lowest BCUT2D eigenvalue weighted by atomic mass is 9.45. The normalized spacial score (nSPS) is 49.9. The lowest BCUT2D eigenvalue weighted by molar-refractivity contribution is -0.111. The molecular weight excluding hydrogens is 372 g/mol. The highest BCUT2D eigenvalue weighted by Crippen LogP contribution is 2.68. The Kier molecular flexibility index (Phi) is 8.68. The maximum Gasteiger partial charge on any atom is -0.0266 e. The van der Waals surface area contributed by atoms with E-state index in [2.05, 4.69) is 27.7 Å². The smallest absolute Gasteiger partial charge is 0.0266 e. The predicted molar refractivity (Wildman–Crippen MR) is 138 cm³/mol. The zero-order valence-corrected chi connectivity index (χ0v) is 22.8. The van der Waals surface area contributed by atoms with Crippen LogP contribution in [0.15, 0.2) is 0 Å². The van der Waals surface area contributed by atoms with Crippen molar-refractivity contribution in [2.45, 2.75) is 139 Å². The standard InChI is InChI=1S/C27H46.2C2H6/c1-18-19(2)22(18)10-7-9-21-12-14-24-23-13-11-20-8-5-6-16-26(20,3)25(23)15-17-27(21,24)4;2*1-2/h18-25H,5-17H2,1-4H3;2*1-2H3. The van der Waals surface area contributed by atoms with E-state index in [1.54, 1.807) is 57.8 Å². The Morgan fingerprint density at radius 3 is 2.00 bits per heavy atom. The second kappa shape index (κ2) is 10.5. The maximum absolute atomic E-state index is 2.75. The van der Waals surface area contributed by atoms with Crippen molar-refractivity contribution in [3.63, 3.8) is 0 Å². The van der Waals surface area contributed by atoms with Crippen LogP contribution in [0.3, 0.4) is 0 Å². The summed E-state index contributed by atoms with van der Waals surface area (Å²) in [6.45, 7) is 18.4. The van der Waals surface area contributed by atoms with Crippen LogP contribution in [0.4, 0.5) is 0 Å². The van der Waals surface area contributed by atoms with E-state index in [1.165, 1.54) is 25.7 Å². The molecule has 31 heavy (non-hydrogen) atoms. The van der Waals surface area contributed by atoms with E-state index in [0.29, 0.717) is 5.41 Å². The molecule has 0 heterocycles. The molecule has 5 saturated carbocycles. The van der Waals surface area contributed by atoms with Gasteiger partial charge < -0.3 is 0 Å². The molecular formula is C31H58. The predicted octanol–water partition coefficient (Wildman–Crippen LogP) is 10.2. The van der Waals surface area contributed by atoms with Crippen molar-refractivity contribution < 1.29 is 0 Å². The molecule has 5 rings (SSSR count). The number of hydrogen-bond donors (Lipinski definition) is 0. The summed E-state index contributed by atoms with van der Waals surface area (Å²) < 4.78 is 0. The minimum atomic E-state index is 0.708. The van der Waals surface area contributed by atoms with Crippen LogP contribution in [0.25, 0.3) is 0 Å². The van der Waals surface area contributed by atoms with Crippen molar-refractivity contribution in [3.8, 4) is 0 Å². The molecule has 9 atom stereocenters. The van der Waals surface area contributed by atoms with Crippen molar-refractivity contribution in [1.29, 1.82) is 0 Å². The van der Waals surface area contributed by atoms with Crippen LogP contribution < -0.4 is 0 Å². The fourth-order valence-corrected chi connectivity index (χ4v) is 9.77. The van der Waals surface area contributed by atoms with E-state index in [9.17, 15) is 0 Å². The molecule has 0 N–H and O–H groups in total. The summed E-state index contributed by atoms with van der Waals surface area (Å²) >= 11 is 0. The lowest BCUT2D eigenvalue weighted by Gasteiger charge is -2.60. The van der Waals surface area contributed by atoms with Gasteiger partial charge in [0.25, 0.3) is 0 Å². The van der Waals surface area contributed by atoms with Gasteiger partial charge in [0, 0.05) is 0 Å². The Balaban J connectivity index is 0.000000645. The Hall–Kier alpha value is 0. The summed E-state index contributed by atoms with van der Waals surface area (Å²) in [4.78, 5) is 0. The van der Waals surface area contributed by atoms with Crippen molar-refractivity contribution in [3.05, 3.63) is 0 Å². The molecule has 0 radical (unpaired) electrons. The number of hydrogen-bond acceptors (Lipinski definition) is 0. The van der Waals surface area contributed by atoms with Gasteiger partial charge in [0.15, 0.2) is 0 Å². The van der Waals surface area contributed by atoms with Crippen LogP contribution in [0.5, 0.6) is 0 Å². The van der Waals surface area contributed by atoms with Crippen LogP contribution in [0, 0.1) is 58.2 Å². The molecule has 0 heteroatoms. The van der Waals surface area contributed by atoms with E-state index >= 15 is 0 Å². The second-order valence-corrected chi connectivity index (χ2v) is 12.5. The fourth-order valence-electron chi connectivity index (χ4n) is 9.77. The van der Waals surface area contributed by atoms with E-state index < -0.39 is 0 Å². The minimum Gasteiger partial charge on any atom is -0.0683 e. The fraction of sp³-hybridized carbons (Fsp3) is 1.00. The summed E-state index contributed by atoms with van der Waals surface area (Å²) in [7, 11) is 0. The molecule has 0 saturated heterocycles. The zero-order valence-electron chi connectivity index (χ0n) is 22.8. The lowest BCUT2D eigenvalue weighted by Crippen LogP contribution is -2.52. The largest absolute Gasteiger partial charge is 0.0683 e. The molecule has 0 spiro atoms. The summed E-state index contributed by atoms with van der Waals surface area (Å²) in [6, 6.07) is 0. The average Bonchev–Trinajstić information content (AvgIpc) is 3.20. The van der Waals surface area contributed by atoms with Crippen LogP contribution in [0.2, 0.25) is 0 Å². The maximum atomic E-state index is 2.75. The molecule has 182 valence electrons. The minimum absolute atomic E-state index is 0.708. The molecule has 0 aromatic carbocycles. The van der Waals surface area contributed by atoms with Gasteiger partial charge in [0.1, 0.15) is 0 Å². The van der Waals surface area contributed by atoms with E-state index in [4.69, 9.17) is 0 Å². The molecule has 0 nitrogen and oxygen atoms in total. The summed E-state index contributed by atoms with van der Waals surface area (Å²) in [5, 5.41) is 0. The molecule has 0 aromatic rings. The van der Waals surface area contributed by atoms with Crippen LogP contribution in [-0.2, 0) is 0 Å². The second-order valence-electron chi connectivity index (χ2n) is 12.5. The monoisotopic (exact) mass is 430 g/mol. The molecule has 0 aromatic heterocycles. The Morgan fingerprint density at radius 1 is 0.645 bits per heavy atom. The molecule has 5 fully saturated rings. The summed E-state index contributed by atoms with van der Waals surface area (Å²) in [6.07, 6.45) is 20.3. The van der Waals surface area contributed by atoms with Crippen molar-refractivity contribution in [2.24, 2.45) is 58.2 Å². The third-order valence-corrected chi connectivity index (χ3v) is 11.9. The first-order valence-corrected chi connectivity index (χ1v) is 14.9.